The molecule has 264 valence electrons. The van der Waals surface area contributed by atoms with E-state index in [1.54, 1.807) is 0 Å². The fourth-order valence-corrected chi connectivity index (χ4v) is 4.77. The van der Waals surface area contributed by atoms with E-state index in [-0.39, 0.29) is 6.61 Å². The standard InChI is InChI=1S/C29H40O18/c1-9-10-37-28-26(43-18(7)35)25(42-17(6)34)23(21(45-28)12-39-14(3)31)47-29-27(44-19(8)36)24(41-16(5)33)22(40-15(4)32)20(46-29)11-38-13(2)30/h9,20-29H,1,10-12H2,2-8H3/t20?,21?,22-,23-,24?,25?,26-,27-,28?,29-/m1/s1. The summed E-state index contributed by atoms with van der Waals surface area (Å²) in [6, 6.07) is 0. The van der Waals surface area contributed by atoms with Crippen molar-refractivity contribution in [1.29, 1.82) is 0 Å². The van der Waals surface area contributed by atoms with E-state index in [4.69, 9.17) is 52.1 Å². The third-order valence-electron chi connectivity index (χ3n) is 6.26. The Hall–Kier alpha value is -4.13. The molecule has 2 aliphatic heterocycles. The Labute approximate surface area is 270 Å². The lowest BCUT2D eigenvalue weighted by atomic mass is 9.96. The largest absolute Gasteiger partial charge is 0.463 e. The van der Waals surface area contributed by atoms with Crippen LogP contribution >= 0.6 is 0 Å². The number of carbonyl (C=O) groups is 7. The molecule has 2 fully saturated rings. The third-order valence-corrected chi connectivity index (χ3v) is 6.26. The first-order valence-corrected chi connectivity index (χ1v) is 14.4. The first-order valence-electron chi connectivity index (χ1n) is 14.4. The zero-order chi connectivity index (χ0) is 35.4. The van der Waals surface area contributed by atoms with Gasteiger partial charge in [-0.3, -0.25) is 33.6 Å². The normalized spacial score (nSPS) is 30.1. The number of ether oxygens (including phenoxy) is 11. The van der Waals surface area contributed by atoms with E-state index in [2.05, 4.69) is 6.58 Å². The third kappa shape index (κ3) is 12.2. The Morgan fingerprint density at radius 2 is 0.872 bits per heavy atom. The highest BCUT2D eigenvalue weighted by atomic mass is 16.8. The molecule has 0 radical (unpaired) electrons. The number of carbonyl (C=O) groups excluding carboxylic acids is 7. The molecule has 2 aliphatic rings. The van der Waals surface area contributed by atoms with Gasteiger partial charge in [0.05, 0.1) is 6.61 Å². The molecule has 2 rings (SSSR count). The van der Waals surface area contributed by atoms with E-state index < -0.39 is 116 Å². The maximum absolute atomic E-state index is 12.3. The van der Waals surface area contributed by atoms with Crippen molar-refractivity contribution in [1.82, 2.24) is 0 Å². The van der Waals surface area contributed by atoms with Crippen LogP contribution < -0.4 is 0 Å². The van der Waals surface area contributed by atoms with Gasteiger partial charge < -0.3 is 52.1 Å². The van der Waals surface area contributed by atoms with Crippen LogP contribution in [0.4, 0.5) is 0 Å². The van der Waals surface area contributed by atoms with Gasteiger partial charge in [-0.2, -0.15) is 0 Å². The van der Waals surface area contributed by atoms with Gasteiger partial charge in [0.2, 0.25) is 0 Å². The minimum atomic E-state index is -1.77. The molecule has 2 saturated heterocycles. The van der Waals surface area contributed by atoms with E-state index >= 15 is 0 Å². The van der Waals surface area contributed by atoms with E-state index in [1.165, 1.54) is 6.08 Å². The van der Waals surface area contributed by atoms with Crippen LogP contribution in [-0.4, -0.2) is 123 Å². The second kappa shape index (κ2) is 18.3. The molecular formula is C29H40O18. The topological polar surface area (TPSA) is 221 Å². The average Bonchev–Trinajstić information content (AvgIpc) is 2.94. The van der Waals surface area contributed by atoms with Crippen LogP contribution in [0, 0.1) is 0 Å². The van der Waals surface area contributed by atoms with Crippen molar-refractivity contribution in [2.24, 2.45) is 0 Å². The van der Waals surface area contributed by atoms with Gasteiger partial charge in [0, 0.05) is 48.5 Å². The number of hydrogen-bond acceptors (Lipinski definition) is 18. The van der Waals surface area contributed by atoms with Gasteiger partial charge in [-0.1, -0.05) is 6.08 Å². The van der Waals surface area contributed by atoms with Crippen LogP contribution in [0.3, 0.4) is 0 Å². The summed E-state index contributed by atoms with van der Waals surface area (Å²) in [5, 5.41) is 0. The number of esters is 7. The SMILES string of the molecule is C=CCOC1OC(COC(C)=O)[C@@H](O[C@H]2OC(COC(C)=O)[C@@H](OC(C)=O)C(OC(C)=O)[C@H]2OC(C)=O)C(OC(C)=O)[C@H]1OC(C)=O. The van der Waals surface area contributed by atoms with Crippen molar-refractivity contribution in [2.45, 2.75) is 110 Å². The van der Waals surface area contributed by atoms with Crippen molar-refractivity contribution in [3.63, 3.8) is 0 Å². The minimum Gasteiger partial charge on any atom is -0.463 e. The molecule has 0 bridgehead atoms. The van der Waals surface area contributed by atoms with E-state index in [1.807, 2.05) is 0 Å². The summed E-state index contributed by atoms with van der Waals surface area (Å²) in [6.07, 6.45) is -13.9. The summed E-state index contributed by atoms with van der Waals surface area (Å²) in [4.78, 5) is 84.6. The van der Waals surface area contributed by atoms with Crippen molar-refractivity contribution < 1.29 is 85.7 Å². The molecular weight excluding hydrogens is 636 g/mol. The Morgan fingerprint density at radius 1 is 0.511 bits per heavy atom. The predicted molar refractivity (Wildman–Crippen MR) is 149 cm³/mol. The fraction of sp³-hybridized carbons (Fsp3) is 0.690. The summed E-state index contributed by atoms with van der Waals surface area (Å²) in [6.45, 7) is 9.85. The summed E-state index contributed by atoms with van der Waals surface area (Å²) >= 11 is 0. The van der Waals surface area contributed by atoms with Gasteiger partial charge in [0.25, 0.3) is 0 Å². The second-order valence-corrected chi connectivity index (χ2v) is 10.3. The highest BCUT2D eigenvalue weighted by Gasteiger charge is 2.57. The molecule has 5 unspecified atom stereocenters. The zero-order valence-electron chi connectivity index (χ0n) is 27.0. The van der Waals surface area contributed by atoms with Crippen LogP contribution in [0.1, 0.15) is 48.5 Å². The molecule has 0 aromatic heterocycles. The first kappa shape index (κ1) is 39.1. The Morgan fingerprint density at radius 3 is 1.30 bits per heavy atom. The number of rotatable bonds is 14. The zero-order valence-corrected chi connectivity index (χ0v) is 27.0. The monoisotopic (exact) mass is 676 g/mol. The second-order valence-electron chi connectivity index (χ2n) is 10.3. The summed E-state index contributed by atoms with van der Waals surface area (Å²) in [7, 11) is 0. The molecule has 18 nitrogen and oxygen atoms in total. The summed E-state index contributed by atoms with van der Waals surface area (Å²) in [5.74, 6) is -5.81. The highest BCUT2D eigenvalue weighted by Crippen LogP contribution is 2.35. The van der Waals surface area contributed by atoms with Crippen LogP contribution in [0.25, 0.3) is 0 Å². The summed E-state index contributed by atoms with van der Waals surface area (Å²) < 4.78 is 61.3. The lowest BCUT2D eigenvalue weighted by molar-refractivity contribution is -0.360. The molecule has 0 saturated carbocycles. The average molecular weight is 677 g/mol. The van der Waals surface area contributed by atoms with Crippen molar-refractivity contribution >= 4 is 41.8 Å². The molecule has 0 amide bonds. The first-order chi connectivity index (χ1) is 22.0. The van der Waals surface area contributed by atoms with Crippen LogP contribution in [0.15, 0.2) is 12.7 Å². The van der Waals surface area contributed by atoms with Crippen LogP contribution in [0.2, 0.25) is 0 Å². The molecule has 0 N–H and O–H groups in total. The lowest BCUT2D eigenvalue weighted by Gasteiger charge is -2.48. The molecule has 0 aromatic carbocycles. The van der Waals surface area contributed by atoms with Crippen LogP contribution in [-0.2, 0) is 85.7 Å². The molecule has 10 atom stereocenters. The van der Waals surface area contributed by atoms with E-state index in [0.717, 1.165) is 48.5 Å². The quantitative estimate of drug-likeness (QED) is 0.132. The molecule has 2 heterocycles. The summed E-state index contributed by atoms with van der Waals surface area (Å²) in [5.41, 5.74) is 0. The van der Waals surface area contributed by atoms with Crippen molar-refractivity contribution in [3.05, 3.63) is 12.7 Å². The van der Waals surface area contributed by atoms with Gasteiger partial charge in [0.1, 0.15) is 31.5 Å². The van der Waals surface area contributed by atoms with Gasteiger partial charge in [-0.25, -0.2) is 0 Å². The molecule has 18 heteroatoms. The maximum Gasteiger partial charge on any atom is 0.303 e. The molecule has 0 spiro atoms. The van der Waals surface area contributed by atoms with Crippen molar-refractivity contribution in [3.8, 4) is 0 Å². The molecule has 47 heavy (non-hydrogen) atoms. The molecule has 0 aromatic rings. The van der Waals surface area contributed by atoms with Gasteiger partial charge >= 0.3 is 41.8 Å². The number of hydrogen-bond donors (Lipinski definition) is 0. The Bertz CT molecular complexity index is 1170. The van der Waals surface area contributed by atoms with E-state index in [0.29, 0.717) is 0 Å². The Balaban J connectivity index is 2.72. The van der Waals surface area contributed by atoms with Crippen LogP contribution in [0.5, 0.6) is 0 Å². The smallest absolute Gasteiger partial charge is 0.303 e. The fourth-order valence-electron chi connectivity index (χ4n) is 4.77. The van der Waals surface area contributed by atoms with Gasteiger partial charge in [-0.15, -0.1) is 6.58 Å². The highest BCUT2D eigenvalue weighted by molar-refractivity contribution is 5.69. The maximum atomic E-state index is 12.3. The molecule has 0 aliphatic carbocycles. The van der Waals surface area contributed by atoms with Gasteiger partial charge in [-0.05, 0) is 0 Å². The predicted octanol–water partition coefficient (Wildman–Crippen LogP) is -0.191. The van der Waals surface area contributed by atoms with Crippen molar-refractivity contribution in [2.75, 3.05) is 19.8 Å². The van der Waals surface area contributed by atoms with Gasteiger partial charge in [0.15, 0.2) is 43.1 Å². The van der Waals surface area contributed by atoms with E-state index in [9.17, 15) is 33.6 Å². The lowest BCUT2D eigenvalue weighted by Crippen LogP contribution is -2.67. The minimum absolute atomic E-state index is 0.110. The Kier molecular flexibility index (Phi) is 15.2.